The van der Waals surface area contributed by atoms with Crippen LogP contribution in [0.1, 0.15) is 68.4 Å². The van der Waals surface area contributed by atoms with Crippen molar-refractivity contribution in [3.05, 3.63) is 95.7 Å². The van der Waals surface area contributed by atoms with E-state index in [9.17, 15) is 14.4 Å². The summed E-state index contributed by atoms with van der Waals surface area (Å²) in [5, 5.41) is 2.20. The molecule has 2 atom stereocenters. The number of rotatable bonds is 6. The van der Waals surface area contributed by atoms with E-state index >= 15 is 0 Å². The van der Waals surface area contributed by atoms with E-state index < -0.39 is 11.3 Å². The highest BCUT2D eigenvalue weighted by Gasteiger charge is 2.54. The minimum Gasteiger partial charge on any atom is -0.468 e. The van der Waals surface area contributed by atoms with E-state index in [1.165, 1.54) is 12.7 Å². The van der Waals surface area contributed by atoms with Crippen LogP contribution in [0.4, 0.5) is 0 Å². The van der Waals surface area contributed by atoms with Crippen LogP contribution in [0.2, 0.25) is 0 Å². The van der Waals surface area contributed by atoms with Crippen LogP contribution in [-0.2, 0) is 25.7 Å². The molecule has 42 heavy (non-hydrogen) atoms. The summed E-state index contributed by atoms with van der Waals surface area (Å²) in [5.74, 6) is -0.487. The molecule has 6 heteroatoms. The van der Waals surface area contributed by atoms with Crippen LogP contribution in [-0.4, -0.2) is 47.8 Å². The Bertz CT molecular complexity index is 1490. The third-order valence-electron chi connectivity index (χ3n) is 9.71. The van der Waals surface area contributed by atoms with Crippen LogP contribution in [0.15, 0.2) is 84.6 Å². The Morgan fingerprint density at radius 3 is 2.45 bits per heavy atom. The first-order valence-electron chi connectivity index (χ1n) is 15.4. The second kappa shape index (κ2) is 12.1. The number of hydrogen-bond acceptors (Lipinski definition) is 4. The van der Waals surface area contributed by atoms with E-state index in [1.807, 2.05) is 34.1 Å². The molecule has 0 aromatic heterocycles. The van der Waals surface area contributed by atoms with E-state index in [1.54, 1.807) is 0 Å². The van der Waals surface area contributed by atoms with Crippen molar-refractivity contribution in [2.24, 2.45) is 11.3 Å². The smallest absolute Gasteiger partial charge is 0.317 e. The van der Waals surface area contributed by atoms with Crippen LogP contribution in [0.5, 0.6) is 0 Å². The van der Waals surface area contributed by atoms with E-state index in [2.05, 4.69) is 54.6 Å². The fourth-order valence-electron chi connectivity index (χ4n) is 7.49. The van der Waals surface area contributed by atoms with Gasteiger partial charge in [0.25, 0.3) is 0 Å². The molecule has 0 saturated carbocycles. The highest BCUT2D eigenvalue weighted by Crippen LogP contribution is 2.50. The summed E-state index contributed by atoms with van der Waals surface area (Å²) in [7, 11) is 1.43. The summed E-state index contributed by atoms with van der Waals surface area (Å²) in [6.07, 6.45) is 7.62. The highest BCUT2D eigenvalue weighted by molar-refractivity contribution is 5.93. The second-order valence-corrected chi connectivity index (χ2v) is 12.1. The van der Waals surface area contributed by atoms with Crippen molar-refractivity contribution in [1.82, 2.24) is 9.80 Å². The molecule has 2 aliphatic heterocycles. The van der Waals surface area contributed by atoms with Gasteiger partial charge in [0.2, 0.25) is 11.8 Å². The fraction of sp³-hybridized carbons (Fsp3) is 0.417. The first kappa shape index (κ1) is 28.2. The Morgan fingerprint density at radius 2 is 1.67 bits per heavy atom. The molecule has 2 heterocycles. The Balaban J connectivity index is 1.27. The van der Waals surface area contributed by atoms with Gasteiger partial charge in [0.15, 0.2) is 0 Å². The number of allylic oxidation sites excluding steroid dienone is 1. The van der Waals surface area contributed by atoms with E-state index in [0.717, 1.165) is 54.1 Å². The van der Waals surface area contributed by atoms with Gasteiger partial charge in [0.05, 0.1) is 13.7 Å². The summed E-state index contributed by atoms with van der Waals surface area (Å²) >= 11 is 0. The molecule has 218 valence electrons. The lowest BCUT2D eigenvalue weighted by Gasteiger charge is -2.46. The van der Waals surface area contributed by atoms with Gasteiger partial charge in [0, 0.05) is 31.1 Å². The fourth-order valence-corrected chi connectivity index (χ4v) is 7.49. The standard InChI is InChI=1S/C36H40N2O4/c1-42-35(41)36-20-9-3-6-17-32(36)38(25-29-15-10-14-28-13-7-8-16-31(28)29)34(40)30(24-36)23-33(39)37-21-18-27(19-22-37)26-11-4-2-5-12-26/h2,4-5,7-8,10-17,27,30H,3,6,9,18-25H2,1H3/t30-,36-/m0/s1. The van der Waals surface area contributed by atoms with Crippen LogP contribution >= 0.6 is 0 Å². The summed E-state index contributed by atoms with van der Waals surface area (Å²) in [6, 6.07) is 24.8. The Kier molecular flexibility index (Phi) is 8.14. The van der Waals surface area contributed by atoms with E-state index in [-0.39, 0.29) is 24.2 Å². The third-order valence-corrected chi connectivity index (χ3v) is 9.71. The SMILES string of the molecule is COC(=O)[C@]12CCCCC=C1N(Cc1cccc3ccccc13)C(=O)[C@@H](CC(=O)N1CCC(c3ccccc3)CC1)C2. The lowest BCUT2D eigenvalue weighted by Crippen LogP contribution is -2.53. The van der Waals surface area contributed by atoms with E-state index in [0.29, 0.717) is 38.4 Å². The monoisotopic (exact) mass is 564 g/mol. The summed E-state index contributed by atoms with van der Waals surface area (Å²) < 4.78 is 5.42. The molecule has 3 aliphatic rings. The maximum absolute atomic E-state index is 14.3. The van der Waals surface area contributed by atoms with Gasteiger partial charge in [-0.2, -0.15) is 0 Å². The predicted molar refractivity (Wildman–Crippen MR) is 163 cm³/mol. The molecule has 0 bridgehead atoms. The van der Waals surface area contributed by atoms with Crippen LogP contribution in [0.25, 0.3) is 10.8 Å². The molecule has 6 rings (SSSR count). The largest absolute Gasteiger partial charge is 0.468 e. The minimum atomic E-state index is -0.922. The first-order chi connectivity index (χ1) is 20.5. The molecule has 0 unspecified atom stereocenters. The topological polar surface area (TPSA) is 66.9 Å². The Labute approximate surface area is 248 Å². The number of carbonyl (C=O) groups excluding carboxylic acids is 3. The summed E-state index contributed by atoms with van der Waals surface area (Å²) in [5.41, 5.74) is 2.19. The van der Waals surface area contributed by atoms with Crippen LogP contribution in [0, 0.1) is 11.3 Å². The summed E-state index contributed by atoms with van der Waals surface area (Å²) in [6.45, 7) is 1.73. The van der Waals surface area contributed by atoms with Gasteiger partial charge in [-0.25, -0.2) is 0 Å². The average Bonchev–Trinajstić information content (AvgIpc) is 3.26. The molecule has 0 spiro atoms. The lowest BCUT2D eigenvalue weighted by atomic mass is 9.68. The van der Waals surface area contributed by atoms with Crippen LogP contribution in [0.3, 0.4) is 0 Å². The number of likely N-dealkylation sites (tertiary alicyclic amines) is 2. The van der Waals surface area contributed by atoms with Crippen molar-refractivity contribution < 1.29 is 19.1 Å². The number of nitrogens with zero attached hydrogens (tertiary/aromatic N) is 2. The molecule has 0 radical (unpaired) electrons. The van der Waals surface area contributed by atoms with Crippen molar-refractivity contribution in [1.29, 1.82) is 0 Å². The van der Waals surface area contributed by atoms with Crippen molar-refractivity contribution >= 4 is 28.6 Å². The third kappa shape index (κ3) is 5.35. The summed E-state index contributed by atoms with van der Waals surface area (Å²) in [4.78, 5) is 45.3. The van der Waals surface area contributed by atoms with Gasteiger partial charge in [-0.05, 0) is 66.3 Å². The molecule has 2 amide bonds. The zero-order valence-electron chi connectivity index (χ0n) is 24.5. The predicted octanol–water partition coefficient (Wildman–Crippen LogP) is 6.60. The number of benzene rings is 3. The number of fused-ring (bicyclic) bond motifs is 2. The number of methoxy groups -OCH3 is 1. The molecule has 3 aromatic carbocycles. The maximum atomic E-state index is 14.3. The number of esters is 1. The van der Waals surface area contributed by atoms with Crippen molar-refractivity contribution in [2.45, 2.75) is 63.8 Å². The van der Waals surface area contributed by atoms with Crippen LogP contribution < -0.4 is 0 Å². The molecular formula is C36H40N2O4. The normalized spacial score (nSPS) is 23.2. The quantitative estimate of drug-likeness (QED) is 0.316. The number of carbonyl (C=O) groups is 3. The maximum Gasteiger partial charge on any atom is 0.317 e. The molecule has 2 saturated heterocycles. The number of amides is 2. The highest BCUT2D eigenvalue weighted by atomic mass is 16.5. The number of hydrogen-bond donors (Lipinski definition) is 0. The molecule has 2 fully saturated rings. The molecule has 0 N–H and O–H groups in total. The van der Waals surface area contributed by atoms with Gasteiger partial charge in [-0.1, -0.05) is 85.3 Å². The Morgan fingerprint density at radius 1 is 0.929 bits per heavy atom. The van der Waals surface area contributed by atoms with Crippen molar-refractivity contribution in [3.63, 3.8) is 0 Å². The molecule has 6 nitrogen and oxygen atoms in total. The second-order valence-electron chi connectivity index (χ2n) is 12.1. The average molecular weight is 565 g/mol. The molecule has 1 aliphatic carbocycles. The zero-order chi connectivity index (χ0) is 29.1. The van der Waals surface area contributed by atoms with Crippen molar-refractivity contribution in [3.8, 4) is 0 Å². The number of ether oxygens (including phenoxy) is 1. The van der Waals surface area contributed by atoms with E-state index in [4.69, 9.17) is 4.74 Å². The minimum absolute atomic E-state index is 0.00559. The van der Waals surface area contributed by atoms with Gasteiger partial charge < -0.3 is 14.5 Å². The van der Waals surface area contributed by atoms with Gasteiger partial charge >= 0.3 is 5.97 Å². The first-order valence-corrected chi connectivity index (χ1v) is 15.4. The van der Waals surface area contributed by atoms with Crippen molar-refractivity contribution in [2.75, 3.05) is 20.2 Å². The van der Waals surface area contributed by atoms with Gasteiger partial charge in [-0.3, -0.25) is 14.4 Å². The Hall–Kier alpha value is -3.93. The number of piperidine rings is 2. The van der Waals surface area contributed by atoms with Gasteiger partial charge in [0.1, 0.15) is 5.41 Å². The van der Waals surface area contributed by atoms with Gasteiger partial charge in [-0.15, -0.1) is 0 Å². The molecular weight excluding hydrogens is 524 g/mol. The zero-order valence-corrected chi connectivity index (χ0v) is 24.5. The lowest BCUT2D eigenvalue weighted by molar-refractivity contribution is -0.160. The molecule has 3 aromatic rings.